The van der Waals surface area contributed by atoms with E-state index < -0.39 is 0 Å². The number of aromatic nitrogens is 2. The lowest BCUT2D eigenvalue weighted by Crippen LogP contribution is -2.00. The Morgan fingerprint density at radius 3 is 2.73 bits per heavy atom. The van der Waals surface area contributed by atoms with Gasteiger partial charge in [-0.25, -0.2) is 4.98 Å². The van der Waals surface area contributed by atoms with Crippen LogP contribution in [0.25, 0.3) is 0 Å². The lowest BCUT2D eigenvalue weighted by molar-refractivity contribution is 0.523. The predicted octanol–water partition coefficient (Wildman–Crippen LogP) is 3.56. The second-order valence-corrected chi connectivity index (χ2v) is 5.05. The molecular weight excluding hydrogens is 206 g/mol. The van der Waals surface area contributed by atoms with E-state index in [2.05, 4.69) is 28.5 Å². The fourth-order valence-corrected chi connectivity index (χ4v) is 1.93. The summed E-state index contributed by atoms with van der Waals surface area (Å²) in [6, 6.07) is 0. The average molecular weight is 227 g/mol. The maximum Gasteiger partial charge on any atom is 0.202 e. The minimum atomic E-state index is 0.851. The molecule has 1 aromatic rings. The lowest BCUT2D eigenvalue weighted by Gasteiger charge is -2.04. The number of nitrogens with zero attached hydrogens (tertiary/aromatic N) is 2. The molecule has 0 atom stereocenters. The average Bonchev–Trinajstić information content (AvgIpc) is 2.68. The molecule has 0 saturated carbocycles. The van der Waals surface area contributed by atoms with Crippen molar-refractivity contribution in [1.82, 2.24) is 9.36 Å². The van der Waals surface area contributed by atoms with E-state index in [1.165, 1.54) is 43.6 Å². The van der Waals surface area contributed by atoms with Crippen LogP contribution in [0.15, 0.2) is 6.33 Å². The summed E-state index contributed by atoms with van der Waals surface area (Å²) in [5, 5.41) is 4.21. The second kappa shape index (κ2) is 7.63. The second-order valence-electron chi connectivity index (χ2n) is 4.27. The fraction of sp³-hybridized carbons (Fsp3) is 0.818. The van der Waals surface area contributed by atoms with E-state index in [0.717, 1.165) is 17.6 Å². The van der Waals surface area contributed by atoms with Gasteiger partial charge in [0, 0.05) is 18.1 Å². The van der Waals surface area contributed by atoms with Gasteiger partial charge in [0.05, 0.1) is 0 Å². The molecule has 0 saturated heterocycles. The molecule has 0 aliphatic heterocycles. The Labute approximate surface area is 96.5 Å². The van der Waals surface area contributed by atoms with Gasteiger partial charge in [-0.2, -0.15) is 4.37 Å². The molecule has 1 heterocycles. The van der Waals surface area contributed by atoms with Crippen molar-refractivity contribution in [1.29, 1.82) is 0 Å². The first kappa shape index (κ1) is 12.4. The summed E-state index contributed by atoms with van der Waals surface area (Å²) in [7, 11) is 0. The van der Waals surface area contributed by atoms with E-state index >= 15 is 0 Å². The number of nitrogens with one attached hydrogen (secondary N) is 1. The third-order valence-corrected chi connectivity index (χ3v) is 2.97. The first-order valence-electron chi connectivity index (χ1n) is 5.79. The zero-order chi connectivity index (χ0) is 10.9. The van der Waals surface area contributed by atoms with Gasteiger partial charge in [-0.05, 0) is 12.3 Å². The third-order valence-electron chi connectivity index (χ3n) is 2.35. The van der Waals surface area contributed by atoms with Crippen molar-refractivity contribution >= 4 is 16.7 Å². The Hall–Kier alpha value is -0.640. The predicted molar refractivity (Wildman–Crippen MR) is 66.3 cm³/mol. The fourth-order valence-electron chi connectivity index (χ4n) is 1.48. The highest BCUT2D eigenvalue weighted by atomic mass is 32.1. The van der Waals surface area contributed by atoms with Crippen LogP contribution >= 0.6 is 11.5 Å². The largest absolute Gasteiger partial charge is 0.360 e. The Bertz CT molecular complexity index is 234. The summed E-state index contributed by atoms with van der Waals surface area (Å²) in [5.41, 5.74) is 0. The van der Waals surface area contributed by atoms with Crippen molar-refractivity contribution in [2.45, 2.75) is 46.0 Å². The minimum absolute atomic E-state index is 0.851. The molecule has 1 rings (SSSR count). The molecule has 0 radical (unpaired) electrons. The highest BCUT2D eigenvalue weighted by Crippen LogP contribution is 2.10. The van der Waals surface area contributed by atoms with Crippen LogP contribution in [0, 0.1) is 5.92 Å². The Balaban J connectivity index is 1.85. The van der Waals surface area contributed by atoms with Crippen molar-refractivity contribution in [3.05, 3.63) is 6.33 Å². The van der Waals surface area contributed by atoms with E-state index in [4.69, 9.17) is 0 Å². The molecule has 4 heteroatoms. The monoisotopic (exact) mass is 227 g/mol. The molecule has 0 bridgehead atoms. The summed E-state index contributed by atoms with van der Waals surface area (Å²) >= 11 is 1.42. The SMILES string of the molecule is CC(C)CCCCCCNc1ncns1. The van der Waals surface area contributed by atoms with E-state index in [-0.39, 0.29) is 0 Å². The Morgan fingerprint density at radius 2 is 2.07 bits per heavy atom. The molecule has 86 valence electrons. The van der Waals surface area contributed by atoms with Crippen LogP contribution in [0.3, 0.4) is 0 Å². The highest BCUT2D eigenvalue weighted by molar-refractivity contribution is 7.09. The van der Waals surface area contributed by atoms with E-state index in [0.29, 0.717) is 0 Å². The molecule has 0 unspecified atom stereocenters. The van der Waals surface area contributed by atoms with Gasteiger partial charge in [0.1, 0.15) is 6.33 Å². The number of hydrogen-bond donors (Lipinski definition) is 1. The summed E-state index contributed by atoms with van der Waals surface area (Å²) in [5.74, 6) is 0.851. The van der Waals surface area contributed by atoms with Crippen LogP contribution in [-0.4, -0.2) is 15.9 Å². The zero-order valence-electron chi connectivity index (χ0n) is 9.70. The standard InChI is InChI=1S/C11H21N3S/c1-10(2)7-5-3-4-6-8-12-11-13-9-14-15-11/h9-10H,3-8H2,1-2H3,(H,12,13,14). The van der Waals surface area contributed by atoms with Crippen molar-refractivity contribution in [2.75, 3.05) is 11.9 Å². The van der Waals surface area contributed by atoms with E-state index in [1.807, 2.05) is 0 Å². The van der Waals surface area contributed by atoms with Gasteiger partial charge in [-0.3, -0.25) is 0 Å². The number of anilines is 1. The molecule has 0 amide bonds. The first-order chi connectivity index (χ1) is 7.29. The normalized spacial score (nSPS) is 10.9. The van der Waals surface area contributed by atoms with Crippen LogP contribution in [0.2, 0.25) is 0 Å². The lowest BCUT2D eigenvalue weighted by atomic mass is 10.0. The smallest absolute Gasteiger partial charge is 0.202 e. The van der Waals surface area contributed by atoms with Crippen LogP contribution < -0.4 is 5.32 Å². The van der Waals surface area contributed by atoms with Crippen molar-refractivity contribution in [3.63, 3.8) is 0 Å². The van der Waals surface area contributed by atoms with Gasteiger partial charge in [0.15, 0.2) is 0 Å². The quantitative estimate of drug-likeness (QED) is 0.690. The number of unbranched alkanes of at least 4 members (excludes halogenated alkanes) is 3. The van der Waals surface area contributed by atoms with Gasteiger partial charge in [-0.1, -0.05) is 39.5 Å². The van der Waals surface area contributed by atoms with Crippen molar-refractivity contribution < 1.29 is 0 Å². The molecule has 1 aromatic heterocycles. The molecule has 0 aromatic carbocycles. The van der Waals surface area contributed by atoms with Crippen LogP contribution in [0.5, 0.6) is 0 Å². The van der Waals surface area contributed by atoms with Gasteiger partial charge < -0.3 is 5.32 Å². The van der Waals surface area contributed by atoms with Gasteiger partial charge in [0.2, 0.25) is 5.13 Å². The number of rotatable bonds is 8. The molecule has 0 aliphatic rings. The molecule has 15 heavy (non-hydrogen) atoms. The summed E-state index contributed by atoms with van der Waals surface area (Å²) in [6.45, 7) is 5.60. The molecule has 0 aliphatic carbocycles. The van der Waals surface area contributed by atoms with Crippen molar-refractivity contribution in [2.24, 2.45) is 5.92 Å². The first-order valence-corrected chi connectivity index (χ1v) is 6.57. The Kier molecular flexibility index (Phi) is 6.32. The molecule has 3 nitrogen and oxygen atoms in total. The van der Waals surface area contributed by atoms with Crippen molar-refractivity contribution in [3.8, 4) is 0 Å². The molecule has 0 spiro atoms. The molecular formula is C11H21N3S. The topological polar surface area (TPSA) is 37.8 Å². The molecule has 0 fully saturated rings. The summed E-state index contributed by atoms with van der Waals surface area (Å²) in [6.07, 6.45) is 8.24. The van der Waals surface area contributed by atoms with Gasteiger partial charge in [-0.15, -0.1) is 0 Å². The third kappa shape index (κ3) is 6.44. The van der Waals surface area contributed by atoms with Gasteiger partial charge >= 0.3 is 0 Å². The van der Waals surface area contributed by atoms with Crippen LogP contribution in [0.4, 0.5) is 5.13 Å². The maximum atomic E-state index is 4.07. The summed E-state index contributed by atoms with van der Waals surface area (Å²) < 4.78 is 3.94. The van der Waals surface area contributed by atoms with Crippen LogP contribution in [-0.2, 0) is 0 Å². The zero-order valence-corrected chi connectivity index (χ0v) is 10.5. The van der Waals surface area contributed by atoms with E-state index in [9.17, 15) is 0 Å². The Morgan fingerprint density at radius 1 is 1.27 bits per heavy atom. The minimum Gasteiger partial charge on any atom is -0.360 e. The van der Waals surface area contributed by atoms with Crippen LogP contribution in [0.1, 0.15) is 46.0 Å². The summed E-state index contributed by atoms with van der Waals surface area (Å²) in [4.78, 5) is 4.07. The highest BCUT2D eigenvalue weighted by Gasteiger charge is 1.96. The number of hydrogen-bond acceptors (Lipinski definition) is 4. The molecule has 1 N–H and O–H groups in total. The maximum absolute atomic E-state index is 4.07. The van der Waals surface area contributed by atoms with E-state index in [1.54, 1.807) is 6.33 Å². The van der Waals surface area contributed by atoms with Gasteiger partial charge in [0.25, 0.3) is 0 Å².